The maximum atomic E-state index is 6.53. The van der Waals surface area contributed by atoms with Gasteiger partial charge in [-0.1, -0.05) is 41.9 Å². The Hall–Kier alpha value is -1.76. The molecule has 8 heteroatoms. The van der Waals surface area contributed by atoms with E-state index < -0.39 is 0 Å². The second kappa shape index (κ2) is 7.86. The molecule has 3 rings (SSSR count). The van der Waals surface area contributed by atoms with E-state index in [1.807, 2.05) is 19.2 Å². The molecule has 1 aromatic carbocycles. The van der Waals surface area contributed by atoms with Crippen molar-refractivity contribution in [2.24, 2.45) is 0 Å². The quantitative estimate of drug-likeness (QED) is 0.420. The Bertz CT molecular complexity index is 954. The van der Waals surface area contributed by atoms with Crippen molar-refractivity contribution in [1.82, 2.24) is 15.0 Å². The summed E-state index contributed by atoms with van der Waals surface area (Å²) < 4.78 is 10.7. The Morgan fingerprint density at radius 2 is 1.69 bits per heavy atom. The van der Waals surface area contributed by atoms with E-state index in [-0.39, 0.29) is 0 Å². The molecular weight excluding hydrogens is 393 g/mol. The van der Waals surface area contributed by atoms with Gasteiger partial charge in [0, 0.05) is 23.2 Å². The summed E-state index contributed by atoms with van der Waals surface area (Å²) in [5.41, 5.74) is 2.87. The molecule has 0 atom stereocenters. The third-order valence-corrected chi connectivity index (χ3v) is 5.28. The first-order chi connectivity index (χ1) is 12.5. The van der Waals surface area contributed by atoms with Crippen LogP contribution in [0.15, 0.2) is 23.5 Å². The van der Waals surface area contributed by atoms with Gasteiger partial charge in [0.2, 0.25) is 0 Å². The van der Waals surface area contributed by atoms with Gasteiger partial charge in [0.1, 0.15) is 11.5 Å². The van der Waals surface area contributed by atoms with Gasteiger partial charge in [-0.3, -0.25) is 4.98 Å². The molecule has 0 radical (unpaired) electrons. The Balaban J connectivity index is 2.32. The lowest BCUT2D eigenvalue weighted by atomic mass is 10.1. The molecule has 2 aromatic heterocycles. The lowest BCUT2D eigenvalue weighted by molar-refractivity contribution is 0.395. The minimum Gasteiger partial charge on any atom is -0.495 e. The zero-order valence-corrected chi connectivity index (χ0v) is 17.1. The second-order valence-corrected chi connectivity index (χ2v) is 6.92. The fraction of sp³-hybridized carbons (Fsp3) is 0.278. The smallest absolute Gasteiger partial charge is 0.187 e. The lowest BCUT2D eigenvalue weighted by Crippen LogP contribution is -1.99. The summed E-state index contributed by atoms with van der Waals surface area (Å²) in [4.78, 5) is 13.7. The molecule has 26 heavy (non-hydrogen) atoms. The van der Waals surface area contributed by atoms with Crippen molar-refractivity contribution in [1.29, 1.82) is 0 Å². The maximum Gasteiger partial charge on any atom is 0.187 e. The van der Waals surface area contributed by atoms with Crippen LogP contribution in [0.5, 0.6) is 11.5 Å². The van der Waals surface area contributed by atoms with Crippen molar-refractivity contribution < 1.29 is 9.47 Å². The molecular formula is C18H17Cl2N3O2S. The number of nitrogens with zero attached hydrogens (tertiary/aromatic N) is 3. The van der Waals surface area contributed by atoms with Crippen LogP contribution in [0, 0.1) is 0 Å². The first-order valence-electron chi connectivity index (χ1n) is 7.85. The molecule has 0 unspecified atom stereocenters. The number of aromatic nitrogens is 3. The fourth-order valence-electron chi connectivity index (χ4n) is 2.67. The highest BCUT2D eigenvalue weighted by Crippen LogP contribution is 2.45. The minimum absolute atomic E-state index is 0.383. The third-order valence-electron chi connectivity index (χ3n) is 3.96. The molecule has 2 heterocycles. The van der Waals surface area contributed by atoms with E-state index in [0.717, 1.165) is 16.6 Å². The van der Waals surface area contributed by atoms with Crippen molar-refractivity contribution in [3.63, 3.8) is 0 Å². The predicted octanol–water partition coefficient (Wildman–Crippen LogP) is 5.30. The average Bonchev–Trinajstić information content (AvgIpc) is 2.67. The maximum absolute atomic E-state index is 6.53. The van der Waals surface area contributed by atoms with Crippen LogP contribution in [0.3, 0.4) is 0 Å². The molecule has 5 nitrogen and oxygen atoms in total. The number of pyridine rings is 1. The number of benzene rings is 1. The van der Waals surface area contributed by atoms with Crippen molar-refractivity contribution in [3.8, 4) is 22.8 Å². The number of halogens is 2. The lowest BCUT2D eigenvalue weighted by Gasteiger charge is -2.15. The fourth-order valence-corrected chi connectivity index (χ4v) is 3.71. The summed E-state index contributed by atoms with van der Waals surface area (Å²) in [6.45, 7) is 2.03. The Kier molecular flexibility index (Phi) is 5.75. The van der Waals surface area contributed by atoms with Crippen LogP contribution in [-0.4, -0.2) is 35.4 Å². The Morgan fingerprint density at radius 1 is 1.04 bits per heavy atom. The molecule has 0 saturated heterocycles. The third kappa shape index (κ3) is 3.29. The summed E-state index contributed by atoms with van der Waals surface area (Å²) in [5.74, 6) is 0.939. The topological polar surface area (TPSA) is 57.1 Å². The van der Waals surface area contributed by atoms with Gasteiger partial charge in [-0.25, -0.2) is 9.97 Å². The Morgan fingerprint density at radius 3 is 2.23 bits per heavy atom. The van der Waals surface area contributed by atoms with Gasteiger partial charge in [0.05, 0.1) is 41.2 Å². The molecule has 0 bridgehead atoms. The molecule has 0 aliphatic rings. The molecule has 0 spiro atoms. The standard InChI is InChI=1S/C18H17Cl2N3O2S/c1-5-10-17-9(8-21-18(23-17)26-4)6-11(22-10)14-15(19)12(24-2)7-13(25-3)16(14)20/h6-8H,5H2,1-4H3. The van der Waals surface area contributed by atoms with Gasteiger partial charge in [-0.15, -0.1) is 0 Å². The van der Waals surface area contributed by atoms with Crippen LogP contribution in [0.2, 0.25) is 10.0 Å². The average molecular weight is 410 g/mol. The van der Waals surface area contributed by atoms with Gasteiger partial charge in [-0.05, 0) is 18.7 Å². The van der Waals surface area contributed by atoms with E-state index in [4.69, 9.17) is 37.7 Å². The van der Waals surface area contributed by atoms with Gasteiger partial charge in [0.25, 0.3) is 0 Å². The van der Waals surface area contributed by atoms with Crippen LogP contribution in [-0.2, 0) is 6.42 Å². The monoisotopic (exact) mass is 409 g/mol. The van der Waals surface area contributed by atoms with E-state index in [1.54, 1.807) is 26.5 Å². The number of fused-ring (bicyclic) bond motifs is 1. The number of methoxy groups -OCH3 is 2. The highest BCUT2D eigenvalue weighted by molar-refractivity contribution is 7.98. The number of hydrogen-bond donors (Lipinski definition) is 0. The summed E-state index contributed by atoms with van der Waals surface area (Å²) >= 11 is 14.6. The highest BCUT2D eigenvalue weighted by atomic mass is 35.5. The zero-order chi connectivity index (χ0) is 18.8. The number of aryl methyl sites for hydroxylation is 1. The number of ether oxygens (including phenoxy) is 2. The molecule has 0 N–H and O–H groups in total. The first-order valence-corrected chi connectivity index (χ1v) is 9.83. The van der Waals surface area contributed by atoms with Crippen LogP contribution in [0.25, 0.3) is 22.2 Å². The van der Waals surface area contributed by atoms with Gasteiger partial charge in [0.15, 0.2) is 5.16 Å². The van der Waals surface area contributed by atoms with Crippen LogP contribution < -0.4 is 9.47 Å². The SMILES string of the molecule is CCc1nc(-c2c(Cl)c(OC)cc(OC)c2Cl)cc2cnc(SC)nc12. The van der Waals surface area contributed by atoms with E-state index in [1.165, 1.54) is 11.8 Å². The van der Waals surface area contributed by atoms with E-state index in [9.17, 15) is 0 Å². The molecule has 0 amide bonds. The molecule has 0 saturated carbocycles. The van der Waals surface area contributed by atoms with Crippen molar-refractivity contribution >= 4 is 45.9 Å². The number of rotatable bonds is 5. The Labute approximate surface area is 166 Å². The van der Waals surface area contributed by atoms with Gasteiger partial charge >= 0.3 is 0 Å². The largest absolute Gasteiger partial charge is 0.495 e. The van der Waals surface area contributed by atoms with Crippen molar-refractivity contribution in [2.45, 2.75) is 18.5 Å². The highest BCUT2D eigenvalue weighted by Gasteiger charge is 2.21. The molecule has 3 aromatic rings. The molecule has 0 aliphatic carbocycles. The van der Waals surface area contributed by atoms with Crippen LogP contribution >= 0.6 is 35.0 Å². The van der Waals surface area contributed by atoms with Gasteiger partial charge in [-0.2, -0.15) is 0 Å². The summed E-state index contributed by atoms with van der Waals surface area (Å²) in [6.07, 6.45) is 4.44. The first kappa shape index (κ1) is 19.0. The van der Waals surface area contributed by atoms with Gasteiger partial charge < -0.3 is 9.47 Å². The summed E-state index contributed by atoms with van der Waals surface area (Å²) in [5, 5.41) is 2.35. The summed E-state index contributed by atoms with van der Waals surface area (Å²) in [7, 11) is 3.09. The van der Waals surface area contributed by atoms with Crippen molar-refractivity contribution in [2.75, 3.05) is 20.5 Å². The summed E-state index contributed by atoms with van der Waals surface area (Å²) in [6, 6.07) is 3.54. The zero-order valence-electron chi connectivity index (χ0n) is 14.8. The second-order valence-electron chi connectivity index (χ2n) is 5.39. The van der Waals surface area contributed by atoms with Crippen LogP contribution in [0.4, 0.5) is 0 Å². The molecule has 0 fully saturated rings. The minimum atomic E-state index is 0.383. The van der Waals surface area contributed by atoms with E-state index in [2.05, 4.69) is 9.97 Å². The van der Waals surface area contributed by atoms with Crippen molar-refractivity contribution in [3.05, 3.63) is 34.1 Å². The number of thioether (sulfide) groups is 1. The normalized spacial score (nSPS) is 11.0. The van der Waals surface area contributed by atoms with Crippen LogP contribution in [0.1, 0.15) is 12.6 Å². The van der Waals surface area contributed by atoms with E-state index in [0.29, 0.717) is 44.4 Å². The van der Waals surface area contributed by atoms with E-state index >= 15 is 0 Å². The molecule has 136 valence electrons. The molecule has 0 aliphatic heterocycles. The predicted molar refractivity (Wildman–Crippen MR) is 107 cm³/mol. The number of hydrogen-bond acceptors (Lipinski definition) is 6.